The molecule has 3 aromatic rings. The maximum atomic E-state index is 12.4. The predicted molar refractivity (Wildman–Crippen MR) is 107 cm³/mol. The predicted octanol–water partition coefficient (Wildman–Crippen LogP) is 2.84. The second-order valence-corrected chi connectivity index (χ2v) is 6.38. The van der Waals surface area contributed by atoms with Crippen LogP contribution in [0.3, 0.4) is 0 Å². The van der Waals surface area contributed by atoms with Gasteiger partial charge in [0.15, 0.2) is 6.61 Å². The molecular weight excluding hydrogens is 390 g/mol. The van der Waals surface area contributed by atoms with E-state index in [0.717, 1.165) is 10.9 Å². The van der Waals surface area contributed by atoms with E-state index in [0.29, 0.717) is 16.7 Å². The first-order valence-electron chi connectivity index (χ1n) is 9.14. The first kappa shape index (κ1) is 21.1. The van der Waals surface area contributed by atoms with Crippen molar-refractivity contribution in [3.05, 3.63) is 71.0 Å². The lowest BCUT2D eigenvalue weighted by molar-refractivity contribution is -0.124. The third-order valence-corrected chi connectivity index (χ3v) is 4.37. The fourth-order valence-electron chi connectivity index (χ4n) is 2.88. The molecule has 2 aromatic carbocycles. The van der Waals surface area contributed by atoms with Crippen molar-refractivity contribution in [2.45, 2.75) is 13.2 Å². The Morgan fingerprint density at radius 2 is 1.70 bits per heavy atom. The summed E-state index contributed by atoms with van der Waals surface area (Å²) in [5.41, 5.74) is 2.31. The minimum absolute atomic E-state index is 0.0178. The Morgan fingerprint density at radius 3 is 2.40 bits per heavy atom. The third-order valence-electron chi connectivity index (χ3n) is 4.37. The number of amides is 1. The van der Waals surface area contributed by atoms with Crippen LogP contribution in [-0.4, -0.2) is 38.7 Å². The second kappa shape index (κ2) is 9.71. The summed E-state index contributed by atoms with van der Waals surface area (Å²) in [5.74, 6) is -1.62. The van der Waals surface area contributed by atoms with Crippen molar-refractivity contribution in [2.24, 2.45) is 0 Å². The molecule has 0 saturated carbocycles. The van der Waals surface area contributed by atoms with Crippen LogP contribution in [0.5, 0.6) is 0 Å². The number of para-hydroxylation sites is 1. The van der Waals surface area contributed by atoms with Crippen LogP contribution in [-0.2, 0) is 32.2 Å². The molecule has 1 heterocycles. The van der Waals surface area contributed by atoms with E-state index in [9.17, 15) is 14.4 Å². The lowest BCUT2D eigenvalue weighted by atomic mass is 10.1. The second-order valence-electron chi connectivity index (χ2n) is 6.38. The van der Waals surface area contributed by atoms with Gasteiger partial charge in [-0.25, -0.2) is 9.59 Å². The van der Waals surface area contributed by atoms with Gasteiger partial charge in [0.05, 0.1) is 19.3 Å². The molecule has 0 radical (unpaired) electrons. The summed E-state index contributed by atoms with van der Waals surface area (Å²) in [6.45, 7) is -0.0604. The summed E-state index contributed by atoms with van der Waals surface area (Å²) >= 11 is 0. The number of hydrogen-bond acceptors (Lipinski definition) is 7. The van der Waals surface area contributed by atoms with Crippen LogP contribution in [0, 0.1) is 0 Å². The van der Waals surface area contributed by atoms with E-state index < -0.39 is 24.5 Å². The Bertz CT molecular complexity index is 1050. The zero-order chi connectivity index (χ0) is 21.5. The number of esters is 2. The SMILES string of the molecule is COCc1c(C(=O)OCC(=O)NCc2ccc(C(=O)OC)cc2)oc2ccccc12. The molecule has 8 heteroatoms. The van der Waals surface area contributed by atoms with E-state index in [1.807, 2.05) is 12.1 Å². The Labute approximate surface area is 172 Å². The normalized spacial score (nSPS) is 10.6. The third kappa shape index (κ3) is 4.84. The standard InChI is InChI=1S/C22H21NO7/c1-27-12-17-16-5-3-4-6-18(16)30-20(17)22(26)29-13-19(24)23-11-14-7-9-15(10-8-14)21(25)28-2/h3-10H,11-13H2,1-2H3,(H,23,24). The number of methoxy groups -OCH3 is 2. The average Bonchev–Trinajstić information content (AvgIpc) is 3.15. The minimum atomic E-state index is -0.740. The number of fused-ring (bicyclic) bond motifs is 1. The number of hydrogen-bond donors (Lipinski definition) is 1. The molecule has 0 aliphatic heterocycles. The number of nitrogens with one attached hydrogen (secondary N) is 1. The first-order valence-corrected chi connectivity index (χ1v) is 9.14. The minimum Gasteiger partial charge on any atom is -0.465 e. The summed E-state index contributed by atoms with van der Waals surface area (Å²) in [5, 5.41) is 3.40. The monoisotopic (exact) mass is 411 g/mol. The van der Waals surface area contributed by atoms with E-state index in [1.165, 1.54) is 14.2 Å². The van der Waals surface area contributed by atoms with Gasteiger partial charge in [0, 0.05) is 24.6 Å². The van der Waals surface area contributed by atoms with E-state index in [1.54, 1.807) is 36.4 Å². The molecule has 30 heavy (non-hydrogen) atoms. The van der Waals surface area contributed by atoms with Gasteiger partial charge >= 0.3 is 11.9 Å². The number of carbonyl (C=O) groups is 3. The summed E-state index contributed by atoms with van der Waals surface area (Å²) in [7, 11) is 2.82. The van der Waals surface area contributed by atoms with Crippen LogP contribution >= 0.6 is 0 Å². The van der Waals surface area contributed by atoms with Crippen molar-refractivity contribution in [1.82, 2.24) is 5.32 Å². The highest BCUT2D eigenvalue weighted by molar-refractivity contribution is 5.96. The summed E-state index contributed by atoms with van der Waals surface area (Å²) in [6, 6.07) is 13.8. The Morgan fingerprint density at radius 1 is 0.967 bits per heavy atom. The van der Waals surface area contributed by atoms with Crippen molar-refractivity contribution in [3.8, 4) is 0 Å². The molecule has 0 bridgehead atoms. The number of furan rings is 1. The summed E-state index contributed by atoms with van der Waals surface area (Å²) in [6.07, 6.45) is 0. The maximum absolute atomic E-state index is 12.4. The van der Waals surface area contributed by atoms with Gasteiger partial charge in [-0.1, -0.05) is 30.3 Å². The number of rotatable bonds is 8. The number of benzene rings is 2. The Hall–Kier alpha value is -3.65. The fraction of sp³-hybridized carbons (Fsp3) is 0.227. The highest BCUT2D eigenvalue weighted by Gasteiger charge is 2.22. The molecule has 0 unspecified atom stereocenters. The van der Waals surface area contributed by atoms with E-state index in [2.05, 4.69) is 10.1 Å². The number of carbonyl (C=O) groups excluding carboxylic acids is 3. The van der Waals surface area contributed by atoms with Crippen molar-refractivity contribution < 1.29 is 33.0 Å². The highest BCUT2D eigenvalue weighted by atomic mass is 16.5. The van der Waals surface area contributed by atoms with Gasteiger partial charge in [-0.2, -0.15) is 0 Å². The molecule has 0 aliphatic carbocycles. The summed E-state index contributed by atoms with van der Waals surface area (Å²) in [4.78, 5) is 35.9. The number of ether oxygens (including phenoxy) is 3. The summed E-state index contributed by atoms with van der Waals surface area (Å²) < 4.78 is 20.5. The van der Waals surface area contributed by atoms with Gasteiger partial charge in [0.1, 0.15) is 5.58 Å². The zero-order valence-electron chi connectivity index (χ0n) is 16.6. The fourth-order valence-corrected chi connectivity index (χ4v) is 2.88. The van der Waals surface area contributed by atoms with E-state index in [4.69, 9.17) is 13.9 Å². The van der Waals surface area contributed by atoms with Crippen molar-refractivity contribution in [1.29, 1.82) is 0 Å². The molecule has 1 N–H and O–H groups in total. The van der Waals surface area contributed by atoms with Crippen LogP contribution < -0.4 is 5.32 Å². The van der Waals surface area contributed by atoms with Gasteiger partial charge in [-0.3, -0.25) is 4.79 Å². The van der Waals surface area contributed by atoms with Crippen LogP contribution in [0.1, 0.15) is 32.0 Å². The molecule has 8 nitrogen and oxygen atoms in total. The van der Waals surface area contributed by atoms with Crippen LogP contribution in [0.15, 0.2) is 52.9 Å². The molecule has 1 amide bonds. The molecular formula is C22H21NO7. The molecule has 0 saturated heterocycles. The van der Waals surface area contributed by atoms with E-state index >= 15 is 0 Å². The van der Waals surface area contributed by atoms with Crippen LogP contribution in [0.25, 0.3) is 11.0 Å². The molecule has 156 valence electrons. The van der Waals surface area contributed by atoms with Crippen LogP contribution in [0.2, 0.25) is 0 Å². The van der Waals surface area contributed by atoms with Crippen LogP contribution in [0.4, 0.5) is 0 Å². The van der Waals surface area contributed by atoms with Gasteiger partial charge in [0.2, 0.25) is 5.76 Å². The molecule has 0 fully saturated rings. The maximum Gasteiger partial charge on any atom is 0.375 e. The lowest BCUT2D eigenvalue weighted by Crippen LogP contribution is -2.28. The largest absolute Gasteiger partial charge is 0.465 e. The topological polar surface area (TPSA) is 104 Å². The molecule has 0 aliphatic rings. The van der Waals surface area contributed by atoms with Crippen molar-refractivity contribution in [2.75, 3.05) is 20.8 Å². The van der Waals surface area contributed by atoms with Gasteiger partial charge in [-0.15, -0.1) is 0 Å². The van der Waals surface area contributed by atoms with Gasteiger partial charge < -0.3 is 23.9 Å². The zero-order valence-corrected chi connectivity index (χ0v) is 16.6. The molecule has 0 spiro atoms. The van der Waals surface area contributed by atoms with Gasteiger partial charge in [0.25, 0.3) is 5.91 Å². The highest BCUT2D eigenvalue weighted by Crippen LogP contribution is 2.27. The Kier molecular flexibility index (Phi) is 6.82. The first-order chi connectivity index (χ1) is 14.5. The average molecular weight is 411 g/mol. The van der Waals surface area contributed by atoms with Crippen molar-refractivity contribution in [3.63, 3.8) is 0 Å². The van der Waals surface area contributed by atoms with Crippen molar-refractivity contribution >= 4 is 28.8 Å². The molecule has 0 atom stereocenters. The van der Waals surface area contributed by atoms with E-state index in [-0.39, 0.29) is 18.9 Å². The van der Waals surface area contributed by atoms with Gasteiger partial charge in [-0.05, 0) is 23.8 Å². The lowest BCUT2D eigenvalue weighted by Gasteiger charge is -2.07. The smallest absolute Gasteiger partial charge is 0.375 e. The molecule has 3 rings (SSSR count). The quantitative estimate of drug-likeness (QED) is 0.569. The molecule has 1 aromatic heterocycles. The Balaban J connectivity index is 1.56.